The minimum Gasteiger partial charge on any atom is -0.383 e. The third kappa shape index (κ3) is 5.68. The highest BCUT2D eigenvalue weighted by molar-refractivity contribution is 9.10. The molecular weight excluding hydrogens is 337 g/mol. The summed E-state index contributed by atoms with van der Waals surface area (Å²) in [5, 5.41) is 2.84. The smallest absolute Gasteiger partial charge is 0.383 e. The monoisotopic (exact) mass is 354 g/mol. The summed E-state index contributed by atoms with van der Waals surface area (Å²) >= 11 is 3.18. The summed E-state index contributed by atoms with van der Waals surface area (Å²) < 4.78 is 44.1. The van der Waals surface area contributed by atoms with Gasteiger partial charge in [0.15, 0.2) is 0 Å². The molecule has 1 aromatic carbocycles. The molecule has 0 fully saturated rings. The Balaban J connectivity index is 2.61. The number of ether oxygens (including phenoxy) is 1. The molecule has 0 saturated heterocycles. The van der Waals surface area contributed by atoms with Crippen LogP contribution in [0.25, 0.3) is 0 Å². The third-order valence-electron chi connectivity index (χ3n) is 2.77. The van der Waals surface area contributed by atoms with E-state index in [-0.39, 0.29) is 5.69 Å². The molecule has 0 atom stereocenters. The highest BCUT2D eigenvalue weighted by Crippen LogP contribution is 2.36. The summed E-state index contributed by atoms with van der Waals surface area (Å²) in [5.74, 6) is 0. The van der Waals surface area contributed by atoms with Gasteiger partial charge in [0.25, 0.3) is 0 Å². The molecule has 0 radical (unpaired) electrons. The van der Waals surface area contributed by atoms with Gasteiger partial charge in [-0.1, -0.05) is 15.9 Å². The number of alkyl halides is 3. The number of hydrogen-bond donors (Lipinski definition) is 1. The summed E-state index contributed by atoms with van der Waals surface area (Å²) in [6, 6.07) is 3.90. The number of likely N-dealkylation sites (N-methyl/N-ethyl adjacent to an activating group) is 1. The van der Waals surface area contributed by atoms with Gasteiger partial charge in [-0.3, -0.25) is 0 Å². The van der Waals surface area contributed by atoms with E-state index in [0.29, 0.717) is 24.2 Å². The maximum atomic E-state index is 12.9. The Morgan fingerprint density at radius 1 is 1.30 bits per heavy atom. The van der Waals surface area contributed by atoms with Crippen molar-refractivity contribution in [3.63, 3.8) is 0 Å². The fourth-order valence-electron chi connectivity index (χ4n) is 1.65. The lowest BCUT2D eigenvalue weighted by Crippen LogP contribution is -2.28. The fraction of sp³-hybridized carbons (Fsp3) is 0.538. The molecule has 0 aliphatic carbocycles. The molecule has 0 aliphatic rings. The number of hydrogen-bond acceptors (Lipinski definition) is 3. The van der Waals surface area contributed by atoms with Crippen LogP contribution in [0, 0.1) is 0 Å². The van der Waals surface area contributed by atoms with Crippen molar-refractivity contribution in [1.82, 2.24) is 4.90 Å². The van der Waals surface area contributed by atoms with Crippen molar-refractivity contribution in [2.24, 2.45) is 0 Å². The van der Waals surface area contributed by atoms with Crippen LogP contribution in [0.4, 0.5) is 18.9 Å². The van der Waals surface area contributed by atoms with Gasteiger partial charge < -0.3 is 15.0 Å². The zero-order valence-electron chi connectivity index (χ0n) is 11.4. The molecule has 20 heavy (non-hydrogen) atoms. The Bertz CT molecular complexity index is 427. The minimum absolute atomic E-state index is 0.0898. The molecule has 0 aromatic heterocycles. The number of methoxy groups -OCH3 is 1. The molecule has 0 spiro atoms. The summed E-state index contributed by atoms with van der Waals surface area (Å²) in [5.41, 5.74) is -0.563. The third-order valence-corrected chi connectivity index (χ3v) is 3.27. The van der Waals surface area contributed by atoms with Crippen LogP contribution in [0.2, 0.25) is 0 Å². The second-order valence-electron chi connectivity index (χ2n) is 4.41. The molecule has 0 bridgehead atoms. The molecule has 0 unspecified atom stereocenters. The van der Waals surface area contributed by atoms with Gasteiger partial charge in [-0.2, -0.15) is 13.2 Å². The van der Waals surface area contributed by atoms with E-state index in [9.17, 15) is 13.2 Å². The predicted octanol–water partition coefficient (Wildman–Crippen LogP) is 3.46. The molecule has 1 rings (SSSR count). The summed E-state index contributed by atoms with van der Waals surface area (Å²) in [6.45, 7) is 2.40. The van der Waals surface area contributed by atoms with Gasteiger partial charge in [0.05, 0.1) is 12.2 Å². The van der Waals surface area contributed by atoms with Crippen LogP contribution >= 0.6 is 15.9 Å². The maximum absolute atomic E-state index is 12.9. The Hall–Kier alpha value is -0.790. The van der Waals surface area contributed by atoms with Crippen LogP contribution in [0.5, 0.6) is 0 Å². The second-order valence-corrected chi connectivity index (χ2v) is 5.33. The van der Waals surface area contributed by atoms with Crippen LogP contribution < -0.4 is 5.32 Å². The quantitative estimate of drug-likeness (QED) is 0.811. The number of nitrogens with one attached hydrogen (secondary N) is 1. The van der Waals surface area contributed by atoms with Crippen molar-refractivity contribution in [1.29, 1.82) is 0 Å². The lowest BCUT2D eigenvalue weighted by molar-refractivity contribution is -0.137. The number of halogens is 4. The predicted molar refractivity (Wildman–Crippen MR) is 77.0 cm³/mol. The van der Waals surface area contributed by atoms with Crippen molar-refractivity contribution in [3.05, 3.63) is 28.2 Å². The maximum Gasteiger partial charge on any atom is 0.418 e. The van der Waals surface area contributed by atoms with Crippen LogP contribution in [-0.2, 0) is 10.9 Å². The van der Waals surface area contributed by atoms with Crippen LogP contribution in [0.15, 0.2) is 22.7 Å². The van der Waals surface area contributed by atoms with Gasteiger partial charge in [0, 0.05) is 36.9 Å². The molecular formula is C13H18BrF3N2O. The van der Waals surface area contributed by atoms with Gasteiger partial charge in [0.2, 0.25) is 0 Å². The van der Waals surface area contributed by atoms with Crippen LogP contribution in [0.3, 0.4) is 0 Å². The van der Waals surface area contributed by atoms with Gasteiger partial charge in [-0.15, -0.1) is 0 Å². The summed E-state index contributed by atoms with van der Waals surface area (Å²) in [7, 11) is 3.51. The van der Waals surface area contributed by atoms with E-state index in [1.807, 2.05) is 11.9 Å². The zero-order valence-corrected chi connectivity index (χ0v) is 13.0. The first-order valence-corrected chi connectivity index (χ1v) is 6.92. The molecule has 1 aromatic rings. The van der Waals surface area contributed by atoms with Crippen LogP contribution in [0.1, 0.15) is 5.56 Å². The van der Waals surface area contributed by atoms with E-state index in [1.54, 1.807) is 7.11 Å². The Kier molecular flexibility index (Phi) is 6.78. The first kappa shape index (κ1) is 17.3. The van der Waals surface area contributed by atoms with E-state index in [1.165, 1.54) is 12.1 Å². The first-order valence-electron chi connectivity index (χ1n) is 6.12. The lowest BCUT2D eigenvalue weighted by atomic mass is 10.1. The van der Waals surface area contributed by atoms with Crippen molar-refractivity contribution in [3.8, 4) is 0 Å². The average Bonchev–Trinajstić information content (AvgIpc) is 2.35. The van der Waals surface area contributed by atoms with Gasteiger partial charge in [-0.25, -0.2) is 0 Å². The zero-order chi connectivity index (χ0) is 15.2. The Morgan fingerprint density at radius 2 is 2.00 bits per heavy atom. The summed E-state index contributed by atoms with van der Waals surface area (Å²) in [6.07, 6.45) is -4.36. The van der Waals surface area contributed by atoms with E-state index < -0.39 is 11.7 Å². The normalized spacial score (nSPS) is 11.9. The largest absolute Gasteiger partial charge is 0.418 e. The van der Waals surface area contributed by atoms with Crippen molar-refractivity contribution >= 4 is 21.6 Å². The average molecular weight is 355 g/mol. The van der Waals surface area contributed by atoms with Crippen molar-refractivity contribution < 1.29 is 17.9 Å². The number of nitrogens with zero attached hydrogens (tertiary/aromatic N) is 1. The molecule has 3 nitrogen and oxygen atoms in total. The Labute approximate surface area is 125 Å². The molecule has 7 heteroatoms. The standard InChI is InChI=1S/C13H18BrF3N2O/c1-19(7-8-20-2)6-5-18-12-9-10(14)3-4-11(12)13(15,16)17/h3-4,9,18H,5-8H2,1-2H3. The highest BCUT2D eigenvalue weighted by Gasteiger charge is 2.33. The van der Waals surface area contributed by atoms with E-state index >= 15 is 0 Å². The molecule has 0 saturated carbocycles. The Morgan fingerprint density at radius 3 is 2.60 bits per heavy atom. The topological polar surface area (TPSA) is 24.5 Å². The molecule has 0 amide bonds. The summed E-state index contributed by atoms with van der Waals surface area (Å²) in [4.78, 5) is 1.99. The van der Waals surface area contributed by atoms with Crippen molar-refractivity contribution in [2.45, 2.75) is 6.18 Å². The molecule has 114 valence electrons. The molecule has 1 N–H and O–H groups in total. The second kappa shape index (κ2) is 7.85. The van der Waals surface area contributed by atoms with Gasteiger partial charge in [-0.05, 0) is 25.2 Å². The SMILES string of the molecule is COCCN(C)CCNc1cc(Br)ccc1C(F)(F)F. The highest BCUT2D eigenvalue weighted by atomic mass is 79.9. The van der Waals surface area contributed by atoms with E-state index in [0.717, 1.165) is 12.6 Å². The van der Waals surface area contributed by atoms with Crippen LogP contribution in [-0.4, -0.2) is 45.3 Å². The van der Waals surface area contributed by atoms with Crippen molar-refractivity contribution in [2.75, 3.05) is 45.7 Å². The number of rotatable bonds is 7. The van der Waals surface area contributed by atoms with E-state index in [4.69, 9.17) is 4.74 Å². The number of benzene rings is 1. The molecule has 0 aliphatic heterocycles. The fourth-order valence-corrected chi connectivity index (χ4v) is 2.01. The lowest BCUT2D eigenvalue weighted by Gasteiger charge is -2.19. The number of anilines is 1. The molecule has 0 heterocycles. The van der Waals surface area contributed by atoms with Gasteiger partial charge in [0.1, 0.15) is 0 Å². The van der Waals surface area contributed by atoms with Gasteiger partial charge >= 0.3 is 6.18 Å². The first-order chi connectivity index (χ1) is 9.34. The van der Waals surface area contributed by atoms with E-state index in [2.05, 4.69) is 21.2 Å². The minimum atomic E-state index is -4.36.